The van der Waals surface area contributed by atoms with Crippen LogP contribution in [-0.2, 0) is 23.2 Å². The van der Waals surface area contributed by atoms with Gasteiger partial charge in [-0.2, -0.15) is 0 Å². The van der Waals surface area contributed by atoms with Crippen molar-refractivity contribution in [1.82, 2.24) is 5.32 Å². The minimum Gasteiger partial charge on any atom is -0.496 e. The summed E-state index contributed by atoms with van der Waals surface area (Å²) in [6, 6.07) is 9.43. The summed E-state index contributed by atoms with van der Waals surface area (Å²) in [5, 5.41) is 6.07. The number of halogens is 2. The van der Waals surface area contributed by atoms with Crippen LogP contribution in [0.2, 0.25) is 0 Å². The van der Waals surface area contributed by atoms with Gasteiger partial charge in [-0.1, -0.05) is 18.2 Å². The fourth-order valence-corrected chi connectivity index (χ4v) is 3.76. The lowest BCUT2D eigenvalue weighted by Crippen LogP contribution is -2.29. The Hall–Kier alpha value is -2.11. The number of carbonyl (C=O) groups excluding carboxylic acids is 1. The van der Waals surface area contributed by atoms with Crippen molar-refractivity contribution in [1.29, 1.82) is 0 Å². The van der Waals surface area contributed by atoms with Gasteiger partial charge in [0.05, 0.1) is 18.2 Å². The van der Waals surface area contributed by atoms with Crippen molar-refractivity contribution in [3.63, 3.8) is 0 Å². The van der Waals surface area contributed by atoms with Crippen LogP contribution in [0.25, 0.3) is 0 Å². The Morgan fingerprint density at radius 3 is 2.74 bits per heavy atom. The van der Waals surface area contributed by atoms with Crippen LogP contribution in [-0.4, -0.2) is 19.6 Å². The SMILES string of the molecule is COc1cc(C2(C(=O)Nc3ccc4c(c3F)CCNC4)CC2)ccc1C.Cl. The molecule has 0 spiro atoms. The second kappa shape index (κ2) is 7.49. The van der Waals surface area contributed by atoms with Crippen LogP contribution in [0.5, 0.6) is 5.75 Å². The fourth-order valence-electron chi connectivity index (χ4n) is 3.76. The molecule has 1 fully saturated rings. The molecule has 0 radical (unpaired) electrons. The molecule has 1 saturated carbocycles. The Labute approximate surface area is 164 Å². The molecule has 2 aromatic carbocycles. The third-order valence-electron chi connectivity index (χ3n) is 5.60. The Morgan fingerprint density at radius 2 is 2.04 bits per heavy atom. The van der Waals surface area contributed by atoms with Gasteiger partial charge >= 0.3 is 0 Å². The van der Waals surface area contributed by atoms with E-state index in [1.807, 2.05) is 31.2 Å². The van der Waals surface area contributed by atoms with E-state index in [2.05, 4.69) is 10.6 Å². The Kier molecular flexibility index (Phi) is 5.45. The molecule has 1 aliphatic heterocycles. The van der Waals surface area contributed by atoms with E-state index in [0.717, 1.165) is 41.8 Å². The van der Waals surface area contributed by atoms with Gasteiger partial charge < -0.3 is 15.4 Å². The molecule has 2 aromatic rings. The smallest absolute Gasteiger partial charge is 0.235 e. The number of rotatable bonds is 4. The van der Waals surface area contributed by atoms with Gasteiger partial charge in [0.2, 0.25) is 5.91 Å². The predicted octanol–water partition coefficient (Wildman–Crippen LogP) is 3.88. The number of methoxy groups -OCH3 is 1. The van der Waals surface area contributed by atoms with Gasteiger partial charge in [-0.15, -0.1) is 12.4 Å². The summed E-state index contributed by atoms with van der Waals surface area (Å²) in [4.78, 5) is 13.0. The first-order valence-electron chi connectivity index (χ1n) is 9.03. The van der Waals surface area contributed by atoms with E-state index in [9.17, 15) is 9.18 Å². The molecule has 0 saturated heterocycles. The first-order valence-corrected chi connectivity index (χ1v) is 9.03. The Bertz CT molecular complexity index is 881. The molecule has 1 amide bonds. The highest BCUT2D eigenvalue weighted by Crippen LogP contribution is 2.50. The van der Waals surface area contributed by atoms with Gasteiger partial charge in [-0.25, -0.2) is 4.39 Å². The van der Waals surface area contributed by atoms with E-state index >= 15 is 0 Å². The Morgan fingerprint density at radius 1 is 1.26 bits per heavy atom. The molecule has 6 heteroatoms. The summed E-state index contributed by atoms with van der Waals surface area (Å²) >= 11 is 0. The van der Waals surface area contributed by atoms with E-state index in [0.29, 0.717) is 18.5 Å². The number of benzene rings is 2. The summed E-state index contributed by atoms with van der Waals surface area (Å²) in [5.41, 5.74) is 3.34. The molecule has 144 valence electrons. The van der Waals surface area contributed by atoms with Gasteiger partial charge in [0.15, 0.2) is 0 Å². The number of amides is 1. The van der Waals surface area contributed by atoms with E-state index in [1.165, 1.54) is 0 Å². The monoisotopic (exact) mass is 390 g/mol. The van der Waals surface area contributed by atoms with E-state index in [4.69, 9.17) is 4.74 Å². The second-order valence-electron chi connectivity index (χ2n) is 7.21. The molecule has 27 heavy (non-hydrogen) atoms. The first kappa shape index (κ1) is 19.6. The third kappa shape index (κ3) is 3.42. The van der Waals surface area contributed by atoms with Crippen molar-refractivity contribution in [3.8, 4) is 5.75 Å². The van der Waals surface area contributed by atoms with Gasteiger partial charge in [0.25, 0.3) is 0 Å². The largest absolute Gasteiger partial charge is 0.496 e. The zero-order chi connectivity index (χ0) is 18.3. The molecular weight excluding hydrogens is 367 g/mol. The highest BCUT2D eigenvalue weighted by molar-refractivity contribution is 6.01. The van der Waals surface area contributed by atoms with Gasteiger partial charge in [-0.3, -0.25) is 4.79 Å². The molecule has 2 N–H and O–H groups in total. The van der Waals surface area contributed by atoms with Crippen LogP contribution in [0, 0.1) is 12.7 Å². The maximum Gasteiger partial charge on any atom is 0.235 e. The average molecular weight is 391 g/mol. The second-order valence-corrected chi connectivity index (χ2v) is 7.21. The maximum absolute atomic E-state index is 14.8. The molecular formula is C21H24ClFN2O2. The maximum atomic E-state index is 14.8. The van der Waals surface area contributed by atoms with Crippen LogP contribution in [0.15, 0.2) is 30.3 Å². The molecule has 0 aromatic heterocycles. The van der Waals surface area contributed by atoms with Gasteiger partial charge in [0.1, 0.15) is 11.6 Å². The number of fused-ring (bicyclic) bond motifs is 1. The quantitative estimate of drug-likeness (QED) is 0.832. The van der Waals surface area contributed by atoms with Gasteiger partial charge in [-0.05, 0) is 67.1 Å². The molecule has 1 aliphatic carbocycles. The molecule has 0 unspecified atom stereocenters. The van der Waals surface area contributed by atoms with E-state index < -0.39 is 5.41 Å². The number of aryl methyl sites for hydroxylation is 1. The molecule has 2 aliphatic rings. The van der Waals surface area contributed by atoms with Crippen LogP contribution in [0.4, 0.5) is 10.1 Å². The summed E-state index contributed by atoms with van der Waals surface area (Å²) in [6.45, 7) is 3.40. The number of nitrogens with one attached hydrogen (secondary N) is 2. The summed E-state index contributed by atoms with van der Waals surface area (Å²) < 4.78 is 20.2. The fraction of sp³-hybridized carbons (Fsp3) is 0.381. The summed E-state index contributed by atoms with van der Waals surface area (Å²) in [7, 11) is 1.63. The number of carbonyl (C=O) groups is 1. The number of anilines is 1. The molecule has 4 rings (SSSR count). The lowest BCUT2D eigenvalue weighted by Gasteiger charge is -2.21. The first-order chi connectivity index (χ1) is 12.5. The lowest BCUT2D eigenvalue weighted by molar-refractivity contribution is -0.118. The van der Waals surface area contributed by atoms with Crippen molar-refractivity contribution in [3.05, 3.63) is 58.4 Å². The average Bonchev–Trinajstić information content (AvgIpc) is 3.46. The van der Waals surface area contributed by atoms with Crippen molar-refractivity contribution in [2.45, 2.75) is 38.1 Å². The predicted molar refractivity (Wildman–Crippen MR) is 106 cm³/mol. The molecule has 4 nitrogen and oxygen atoms in total. The summed E-state index contributed by atoms with van der Waals surface area (Å²) in [5.74, 6) is 0.333. The summed E-state index contributed by atoms with van der Waals surface area (Å²) in [6.07, 6.45) is 2.17. The number of hydrogen-bond acceptors (Lipinski definition) is 3. The van der Waals surface area contributed by atoms with Crippen LogP contribution >= 0.6 is 12.4 Å². The third-order valence-corrected chi connectivity index (χ3v) is 5.60. The van der Waals surface area contributed by atoms with E-state index in [1.54, 1.807) is 13.2 Å². The normalized spacial score (nSPS) is 16.7. The van der Waals surface area contributed by atoms with Crippen molar-refractivity contribution >= 4 is 24.0 Å². The minimum atomic E-state index is -0.578. The van der Waals surface area contributed by atoms with Crippen LogP contribution < -0.4 is 15.4 Å². The van der Waals surface area contributed by atoms with Gasteiger partial charge in [0, 0.05) is 6.54 Å². The zero-order valence-electron chi connectivity index (χ0n) is 15.5. The topological polar surface area (TPSA) is 50.4 Å². The molecule has 0 bridgehead atoms. The molecule has 1 heterocycles. The minimum absolute atomic E-state index is 0. The van der Waals surface area contributed by atoms with Crippen molar-refractivity contribution in [2.75, 3.05) is 19.0 Å². The standard InChI is InChI=1S/C21H23FN2O2.ClH/c1-13-3-5-15(11-18(13)26-2)21(8-9-21)20(25)24-17-6-4-14-12-23-10-7-16(14)19(17)22;/h3-6,11,23H,7-10,12H2,1-2H3,(H,24,25);1H. The van der Waals surface area contributed by atoms with E-state index in [-0.39, 0.29) is 29.8 Å². The zero-order valence-corrected chi connectivity index (χ0v) is 16.3. The number of ether oxygens (including phenoxy) is 1. The molecule has 0 atom stereocenters. The number of hydrogen-bond donors (Lipinski definition) is 2. The highest BCUT2D eigenvalue weighted by Gasteiger charge is 2.51. The van der Waals surface area contributed by atoms with Crippen LogP contribution in [0.1, 0.15) is 35.1 Å². The Balaban J connectivity index is 0.00000210. The highest BCUT2D eigenvalue weighted by atomic mass is 35.5. The van der Waals surface area contributed by atoms with Crippen molar-refractivity contribution in [2.24, 2.45) is 0 Å². The van der Waals surface area contributed by atoms with Crippen LogP contribution in [0.3, 0.4) is 0 Å². The lowest BCUT2D eigenvalue weighted by atomic mass is 9.93. The van der Waals surface area contributed by atoms with Crippen molar-refractivity contribution < 1.29 is 13.9 Å².